The number of unbranched alkanes of at least 4 members (excludes halogenated alkanes) is 1. The molecule has 0 spiro atoms. The predicted octanol–water partition coefficient (Wildman–Crippen LogP) is 0.123. The van der Waals surface area contributed by atoms with Crippen LogP contribution in [0.3, 0.4) is 0 Å². The average Bonchev–Trinajstić information content (AvgIpc) is 2.59. The Kier molecular flexibility index (Phi) is 5.06. The zero-order valence-electron chi connectivity index (χ0n) is 8.53. The summed E-state index contributed by atoms with van der Waals surface area (Å²) in [5.41, 5.74) is 11.5. The van der Waals surface area contributed by atoms with Crippen LogP contribution in [0.4, 0.5) is 5.13 Å². The summed E-state index contributed by atoms with van der Waals surface area (Å²) in [6.07, 6.45) is 2.15. The minimum atomic E-state index is -0.0164. The molecule has 15 heavy (non-hydrogen) atoms. The van der Waals surface area contributed by atoms with Gasteiger partial charge >= 0.3 is 0 Å². The molecular formula is C9H16N4OS. The van der Waals surface area contributed by atoms with Crippen LogP contribution in [0.25, 0.3) is 0 Å². The number of aromatic nitrogens is 1. The lowest BCUT2D eigenvalue weighted by Crippen LogP contribution is -2.26. The fourth-order valence-electron chi connectivity index (χ4n) is 1.13. The van der Waals surface area contributed by atoms with Crippen molar-refractivity contribution >= 4 is 22.4 Å². The second-order valence-electron chi connectivity index (χ2n) is 3.20. The number of hydrogen-bond donors (Lipinski definition) is 3. The van der Waals surface area contributed by atoms with Crippen LogP contribution < -0.4 is 16.8 Å². The van der Waals surface area contributed by atoms with Crippen LogP contribution in [0.5, 0.6) is 0 Å². The molecule has 0 saturated carbocycles. The van der Waals surface area contributed by atoms with Crippen molar-refractivity contribution in [3.8, 4) is 0 Å². The van der Waals surface area contributed by atoms with Crippen molar-refractivity contribution in [2.75, 3.05) is 18.8 Å². The molecule has 0 radical (unpaired) electrons. The maximum absolute atomic E-state index is 11.4. The van der Waals surface area contributed by atoms with Gasteiger partial charge in [0.15, 0.2) is 5.13 Å². The number of anilines is 1. The Morgan fingerprint density at radius 3 is 2.93 bits per heavy atom. The number of nitrogens with one attached hydrogen (secondary N) is 1. The molecule has 0 unspecified atom stereocenters. The maximum Gasteiger partial charge on any atom is 0.226 e. The van der Waals surface area contributed by atoms with E-state index < -0.39 is 0 Å². The number of thiazole rings is 1. The molecule has 0 saturated heterocycles. The molecule has 0 aliphatic heterocycles. The molecule has 1 aromatic heterocycles. The number of rotatable bonds is 6. The van der Waals surface area contributed by atoms with Crippen molar-refractivity contribution in [3.05, 3.63) is 11.1 Å². The molecule has 1 amide bonds. The lowest BCUT2D eigenvalue weighted by atomic mass is 10.3. The van der Waals surface area contributed by atoms with Gasteiger partial charge in [-0.05, 0) is 19.4 Å². The molecule has 5 nitrogen and oxygen atoms in total. The molecule has 0 aliphatic rings. The summed E-state index contributed by atoms with van der Waals surface area (Å²) in [6.45, 7) is 1.34. The van der Waals surface area contributed by atoms with Gasteiger partial charge < -0.3 is 16.8 Å². The third-order valence-electron chi connectivity index (χ3n) is 1.86. The molecule has 5 N–H and O–H groups in total. The van der Waals surface area contributed by atoms with E-state index in [1.54, 1.807) is 5.38 Å². The van der Waals surface area contributed by atoms with Crippen molar-refractivity contribution in [2.24, 2.45) is 5.73 Å². The van der Waals surface area contributed by atoms with Gasteiger partial charge in [0.05, 0.1) is 12.1 Å². The van der Waals surface area contributed by atoms with Crippen LogP contribution in [0.15, 0.2) is 5.38 Å². The zero-order valence-corrected chi connectivity index (χ0v) is 9.35. The van der Waals surface area contributed by atoms with E-state index in [1.807, 2.05) is 0 Å². The number of carbonyl (C=O) groups is 1. The number of carbonyl (C=O) groups excluding carboxylic acids is 1. The van der Waals surface area contributed by atoms with Crippen LogP contribution >= 0.6 is 11.3 Å². The predicted molar refractivity (Wildman–Crippen MR) is 61.5 cm³/mol. The first-order valence-corrected chi connectivity index (χ1v) is 5.77. The highest BCUT2D eigenvalue weighted by molar-refractivity contribution is 7.13. The third-order valence-corrected chi connectivity index (χ3v) is 2.59. The van der Waals surface area contributed by atoms with Crippen LogP contribution in [0.2, 0.25) is 0 Å². The van der Waals surface area contributed by atoms with Crippen molar-refractivity contribution < 1.29 is 4.79 Å². The minimum absolute atomic E-state index is 0.0164. The molecule has 1 rings (SSSR count). The van der Waals surface area contributed by atoms with Gasteiger partial charge in [0.1, 0.15) is 0 Å². The van der Waals surface area contributed by atoms with E-state index in [0.29, 0.717) is 24.6 Å². The lowest BCUT2D eigenvalue weighted by Gasteiger charge is -2.02. The number of amides is 1. The van der Waals surface area contributed by atoms with Gasteiger partial charge in [-0.3, -0.25) is 4.79 Å². The number of nitrogens with zero attached hydrogens (tertiary/aromatic N) is 1. The molecule has 0 atom stereocenters. The molecule has 1 heterocycles. The number of nitrogen functional groups attached to an aromatic ring is 1. The van der Waals surface area contributed by atoms with E-state index in [4.69, 9.17) is 11.5 Å². The summed E-state index contributed by atoms with van der Waals surface area (Å²) >= 11 is 1.35. The van der Waals surface area contributed by atoms with Crippen molar-refractivity contribution in [1.82, 2.24) is 10.3 Å². The van der Waals surface area contributed by atoms with Gasteiger partial charge in [0.25, 0.3) is 0 Å². The first-order valence-electron chi connectivity index (χ1n) is 4.89. The number of nitrogens with two attached hydrogens (primary N) is 2. The molecule has 0 aliphatic carbocycles. The molecule has 0 aromatic carbocycles. The smallest absolute Gasteiger partial charge is 0.226 e. The Labute approximate surface area is 92.9 Å². The summed E-state index contributed by atoms with van der Waals surface area (Å²) in [4.78, 5) is 15.4. The summed E-state index contributed by atoms with van der Waals surface area (Å²) < 4.78 is 0. The zero-order chi connectivity index (χ0) is 11.1. The van der Waals surface area contributed by atoms with Gasteiger partial charge in [0, 0.05) is 11.9 Å². The Hall–Kier alpha value is -1.14. The van der Waals surface area contributed by atoms with Crippen LogP contribution in [0, 0.1) is 0 Å². The first kappa shape index (κ1) is 11.9. The molecular weight excluding hydrogens is 212 g/mol. The quantitative estimate of drug-likeness (QED) is 0.603. The van der Waals surface area contributed by atoms with E-state index in [1.165, 1.54) is 11.3 Å². The lowest BCUT2D eigenvalue weighted by molar-refractivity contribution is -0.120. The second-order valence-corrected chi connectivity index (χ2v) is 4.09. The van der Waals surface area contributed by atoms with Crippen molar-refractivity contribution in [3.63, 3.8) is 0 Å². The highest BCUT2D eigenvalue weighted by atomic mass is 32.1. The largest absolute Gasteiger partial charge is 0.375 e. The fourth-order valence-corrected chi connectivity index (χ4v) is 1.69. The summed E-state index contributed by atoms with van der Waals surface area (Å²) in [6, 6.07) is 0. The first-order chi connectivity index (χ1) is 7.22. The van der Waals surface area contributed by atoms with Gasteiger partial charge in [0.2, 0.25) is 5.91 Å². The molecule has 84 valence electrons. The van der Waals surface area contributed by atoms with Crippen LogP contribution in [-0.2, 0) is 11.2 Å². The average molecular weight is 228 g/mol. The van der Waals surface area contributed by atoms with E-state index in [9.17, 15) is 4.79 Å². The van der Waals surface area contributed by atoms with E-state index in [2.05, 4.69) is 10.3 Å². The Morgan fingerprint density at radius 2 is 2.33 bits per heavy atom. The highest BCUT2D eigenvalue weighted by Gasteiger charge is 2.05. The third kappa shape index (κ3) is 4.75. The van der Waals surface area contributed by atoms with Gasteiger partial charge in [-0.2, -0.15) is 0 Å². The van der Waals surface area contributed by atoms with Gasteiger partial charge in [-0.15, -0.1) is 11.3 Å². The van der Waals surface area contributed by atoms with Crippen molar-refractivity contribution in [1.29, 1.82) is 0 Å². The Bertz CT molecular complexity index is 313. The van der Waals surface area contributed by atoms with E-state index >= 15 is 0 Å². The molecule has 1 aromatic rings. The van der Waals surface area contributed by atoms with Crippen LogP contribution in [-0.4, -0.2) is 24.0 Å². The molecule has 0 fully saturated rings. The summed E-state index contributed by atoms with van der Waals surface area (Å²) in [7, 11) is 0. The standard InChI is InChI=1S/C9H16N4OS/c10-3-1-2-4-12-8(14)5-7-6-15-9(11)13-7/h6H,1-5,10H2,(H2,11,13)(H,12,14). The highest BCUT2D eigenvalue weighted by Crippen LogP contribution is 2.11. The minimum Gasteiger partial charge on any atom is -0.375 e. The Balaban J connectivity index is 2.18. The van der Waals surface area contributed by atoms with Crippen LogP contribution in [0.1, 0.15) is 18.5 Å². The van der Waals surface area contributed by atoms with Crippen molar-refractivity contribution in [2.45, 2.75) is 19.3 Å². The summed E-state index contributed by atoms with van der Waals surface area (Å²) in [5.74, 6) is -0.0164. The maximum atomic E-state index is 11.4. The molecule has 0 bridgehead atoms. The number of hydrogen-bond acceptors (Lipinski definition) is 5. The SMILES string of the molecule is NCCCCNC(=O)Cc1csc(N)n1. The van der Waals surface area contributed by atoms with Gasteiger partial charge in [-0.1, -0.05) is 0 Å². The van der Waals surface area contributed by atoms with Gasteiger partial charge in [-0.25, -0.2) is 4.98 Å². The monoisotopic (exact) mass is 228 g/mol. The molecule has 6 heteroatoms. The van der Waals surface area contributed by atoms with E-state index in [0.717, 1.165) is 18.5 Å². The normalized spacial score (nSPS) is 10.2. The topological polar surface area (TPSA) is 94.0 Å². The Morgan fingerprint density at radius 1 is 1.53 bits per heavy atom. The van der Waals surface area contributed by atoms with E-state index in [-0.39, 0.29) is 5.91 Å². The summed E-state index contributed by atoms with van der Waals surface area (Å²) in [5, 5.41) is 5.11. The second kappa shape index (κ2) is 6.36. The fraction of sp³-hybridized carbons (Fsp3) is 0.556.